The average molecular weight is 1100 g/mol. The average Bonchev–Trinajstić information content (AvgIpc) is 2.50. The second-order valence-electron chi connectivity index (χ2n) is 21.2. The predicted molar refractivity (Wildman–Crippen MR) is 346 cm³/mol. The topological polar surface area (TPSA) is 120 Å². The molecule has 398 valence electrons. The first kappa shape index (κ1) is 50.7. The Bertz CT molecular complexity index is 5060. The van der Waals surface area contributed by atoms with Crippen LogP contribution in [0.15, 0.2) is 279 Å². The Hall–Kier alpha value is -12.3. The third kappa shape index (κ3) is 8.73. The van der Waals surface area contributed by atoms with Crippen molar-refractivity contribution >= 4 is 43.6 Å². The Balaban J connectivity index is 1.03. The summed E-state index contributed by atoms with van der Waals surface area (Å²) in [5.41, 5.74) is 18.7. The molecule has 0 amide bonds. The minimum atomic E-state index is 0.411. The van der Waals surface area contributed by atoms with E-state index in [1.54, 1.807) is 0 Å². The molecular weight excluding hydrogens is 1050 g/mol. The zero-order chi connectivity index (χ0) is 57.7. The standard InChI is InChI=1S/C78H46N8/c79-47-58-22-7-10-27-61(58)54-25-17-26-57(42-54)76-82-77(66-38-34-55(62-28-11-8-23-59(62)48-80)45-74(66)85-70-32-15-13-30-64(70)68-43-52(36-40-72(68)85)50-18-3-1-4-19-50)84-78(83-76)67-39-35-56(63-29-12-9-24-60(63)49-81)46-75(67)86-71-33-16-14-31-65(71)69-44-53(37-41-73(69)86)51-20-5-2-6-21-51/h1-46H. The molecule has 0 aliphatic carbocycles. The first-order chi connectivity index (χ1) is 42.5. The van der Waals surface area contributed by atoms with E-state index in [4.69, 9.17) is 15.0 Å². The maximum absolute atomic E-state index is 10.5. The molecule has 12 aromatic carbocycles. The van der Waals surface area contributed by atoms with Crippen LogP contribution in [0.25, 0.3) is 145 Å². The van der Waals surface area contributed by atoms with Gasteiger partial charge in [0.2, 0.25) is 0 Å². The quantitative estimate of drug-likeness (QED) is 0.135. The van der Waals surface area contributed by atoms with E-state index in [0.29, 0.717) is 34.2 Å². The number of benzene rings is 12. The number of fused-ring (bicyclic) bond motifs is 6. The molecule has 0 aliphatic rings. The summed E-state index contributed by atoms with van der Waals surface area (Å²) in [6.07, 6.45) is 0. The number of nitrogens with zero attached hydrogens (tertiary/aromatic N) is 8. The fraction of sp³-hybridized carbons (Fsp3) is 0. The van der Waals surface area contributed by atoms with E-state index >= 15 is 0 Å². The molecule has 0 spiro atoms. The summed E-state index contributed by atoms with van der Waals surface area (Å²) in [7, 11) is 0. The van der Waals surface area contributed by atoms with Crippen LogP contribution in [0.4, 0.5) is 0 Å². The van der Waals surface area contributed by atoms with E-state index in [1.165, 1.54) is 0 Å². The van der Waals surface area contributed by atoms with Crippen molar-refractivity contribution in [2.24, 2.45) is 0 Å². The Labute approximate surface area is 495 Å². The van der Waals surface area contributed by atoms with Crippen molar-refractivity contribution in [1.82, 2.24) is 24.1 Å². The summed E-state index contributed by atoms with van der Waals surface area (Å²) in [5, 5.41) is 35.7. The normalized spacial score (nSPS) is 11.2. The highest BCUT2D eigenvalue weighted by Gasteiger charge is 2.25. The molecule has 86 heavy (non-hydrogen) atoms. The maximum atomic E-state index is 10.5. The van der Waals surface area contributed by atoms with Gasteiger partial charge in [0.1, 0.15) is 0 Å². The molecule has 0 aliphatic heterocycles. The Kier molecular flexibility index (Phi) is 12.5. The van der Waals surface area contributed by atoms with Gasteiger partial charge in [-0.05, 0) is 141 Å². The first-order valence-corrected chi connectivity index (χ1v) is 28.3. The summed E-state index contributed by atoms with van der Waals surface area (Å²) in [5.74, 6) is 1.24. The van der Waals surface area contributed by atoms with E-state index < -0.39 is 0 Å². The van der Waals surface area contributed by atoms with Gasteiger partial charge in [0.25, 0.3) is 0 Å². The van der Waals surface area contributed by atoms with Crippen molar-refractivity contribution in [3.8, 4) is 119 Å². The van der Waals surface area contributed by atoms with Crippen LogP contribution in [0, 0.1) is 34.0 Å². The van der Waals surface area contributed by atoms with Gasteiger partial charge in [-0.25, -0.2) is 15.0 Å². The molecule has 3 heterocycles. The molecule has 0 atom stereocenters. The van der Waals surface area contributed by atoms with Crippen molar-refractivity contribution in [3.05, 3.63) is 296 Å². The third-order valence-electron chi connectivity index (χ3n) is 16.4. The van der Waals surface area contributed by atoms with Crippen LogP contribution >= 0.6 is 0 Å². The molecule has 8 nitrogen and oxygen atoms in total. The number of rotatable bonds is 10. The van der Waals surface area contributed by atoms with Gasteiger partial charge in [0.15, 0.2) is 17.5 Å². The monoisotopic (exact) mass is 1090 g/mol. The fourth-order valence-corrected chi connectivity index (χ4v) is 12.3. The summed E-state index contributed by atoms with van der Waals surface area (Å²) >= 11 is 0. The number of nitriles is 3. The minimum Gasteiger partial charge on any atom is -0.308 e. The summed E-state index contributed by atoms with van der Waals surface area (Å²) in [6, 6.07) is 102. The van der Waals surface area contributed by atoms with Crippen LogP contribution in [-0.4, -0.2) is 24.1 Å². The van der Waals surface area contributed by atoms with Crippen molar-refractivity contribution < 1.29 is 0 Å². The van der Waals surface area contributed by atoms with Crippen molar-refractivity contribution in [2.45, 2.75) is 0 Å². The van der Waals surface area contributed by atoms with Crippen LogP contribution in [0.5, 0.6) is 0 Å². The molecular formula is C78H46N8. The summed E-state index contributed by atoms with van der Waals surface area (Å²) in [6.45, 7) is 0. The Morgan fingerprint density at radius 2 is 0.581 bits per heavy atom. The number of para-hydroxylation sites is 2. The van der Waals surface area contributed by atoms with Gasteiger partial charge in [0, 0.05) is 38.2 Å². The molecule has 0 saturated heterocycles. The maximum Gasteiger partial charge on any atom is 0.166 e. The lowest BCUT2D eigenvalue weighted by molar-refractivity contribution is 1.06. The molecule has 15 aromatic rings. The lowest BCUT2D eigenvalue weighted by Gasteiger charge is -2.18. The van der Waals surface area contributed by atoms with E-state index in [0.717, 1.165) is 127 Å². The van der Waals surface area contributed by atoms with E-state index in [9.17, 15) is 15.8 Å². The van der Waals surface area contributed by atoms with Gasteiger partial charge in [-0.3, -0.25) is 0 Å². The lowest BCUT2D eigenvalue weighted by atomic mass is 9.97. The van der Waals surface area contributed by atoms with E-state index in [-0.39, 0.29) is 0 Å². The summed E-state index contributed by atoms with van der Waals surface area (Å²) < 4.78 is 4.59. The Morgan fingerprint density at radius 1 is 0.233 bits per heavy atom. The third-order valence-corrected chi connectivity index (χ3v) is 16.4. The molecule has 8 heteroatoms. The number of hydrogen-bond donors (Lipinski definition) is 0. The van der Waals surface area contributed by atoms with Crippen molar-refractivity contribution in [3.63, 3.8) is 0 Å². The minimum absolute atomic E-state index is 0.411. The van der Waals surface area contributed by atoms with Crippen LogP contribution < -0.4 is 0 Å². The molecule has 3 aromatic heterocycles. The smallest absolute Gasteiger partial charge is 0.166 e. The second kappa shape index (κ2) is 21.2. The Morgan fingerprint density at radius 3 is 1.03 bits per heavy atom. The fourth-order valence-electron chi connectivity index (χ4n) is 12.3. The zero-order valence-electron chi connectivity index (χ0n) is 46.1. The van der Waals surface area contributed by atoms with Gasteiger partial charge in [-0.15, -0.1) is 0 Å². The molecule has 0 unspecified atom stereocenters. The number of aromatic nitrogens is 5. The lowest BCUT2D eigenvalue weighted by Crippen LogP contribution is -2.06. The van der Waals surface area contributed by atoms with Gasteiger partial charge in [0.05, 0.1) is 68.3 Å². The van der Waals surface area contributed by atoms with Crippen LogP contribution in [0.3, 0.4) is 0 Å². The molecule has 0 fully saturated rings. The zero-order valence-corrected chi connectivity index (χ0v) is 46.1. The van der Waals surface area contributed by atoms with Gasteiger partial charge in [-0.1, -0.05) is 194 Å². The highest BCUT2D eigenvalue weighted by Crippen LogP contribution is 2.43. The highest BCUT2D eigenvalue weighted by atomic mass is 15.1. The van der Waals surface area contributed by atoms with Gasteiger partial charge in [-0.2, -0.15) is 15.8 Å². The first-order valence-electron chi connectivity index (χ1n) is 28.3. The number of hydrogen-bond acceptors (Lipinski definition) is 6. The van der Waals surface area contributed by atoms with Crippen LogP contribution in [0.2, 0.25) is 0 Å². The molecule has 0 N–H and O–H groups in total. The summed E-state index contributed by atoms with van der Waals surface area (Å²) in [4.78, 5) is 16.7. The molecule has 15 rings (SSSR count). The van der Waals surface area contributed by atoms with E-state index in [1.807, 2.05) is 121 Å². The second-order valence-corrected chi connectivity index (χ2v) is 21.2. The van der Waals surface area contributed by atoms with E-state index in [2.05, 4.69) is 185 Å². The van der Waals surface area contributed by atoms with Crippen molar-refractivity contribution in [2.75, 3.05) is 0 Å². The molecule has 0 bridgehead atoms. The largest absolute Gasteiger partial charge is 0.308 e. The van der Waals surface area contributed by atoms with Gasteiger partial charge < -0.3 is 9.13 Å². The van der Waals surface area contributed by atoms with Gasteiger partial charge >= 0.3 is 0 Å². The van der Waals surface area contributed by atoms with Crippen LogP contribution in [-0.2, 0) is 0 Å². The highest BCUT2D eigenvalue weighted by molar-refractivity contribution is 6.12. The SMILES string of the molecule is N#Cc1ccccc1-c1cccc(-c2nc(-c3ccc(-c4ccccc4C#N)cc3-n3c4ccccc4c4cc(-c5ccccc5)ccc43)nc(-c3ccc(-c4ccccc4C#N)cc3-n3c4ccccc4c4cc(-c5ccccc5)ccc43)n2)c1. The van der Waals surface area contributed by atoms with Crippen LogP contribution in [0.1, 0.15) is 16.7 Å². The molecule has 0 saturated carbocycles. The molecule has 0 radical (unpaired) electrons. The predicted octanol–water partition coefficient (Wildman–Crippen LogP) is 19.0. The van der Waals surface area contributed by atoms with Crippen molar-refractivity contribution in [1.29, 1.82) is 15.8 Å².